The lowest BCUT2D eigenvalue weighted by Crippen LogP contribution is -2.52. The Hall–Kier alpha value is -1.26. The minimum Gasteiger partial charge on any atom is -0.453 e. The molecule has 0 aliphatic carbocycles. The van der Waals surface area contributed by atoms with Gasteiger partial charge in [0, 0.05) is 13.1 Å². The molecule has 0 saturated heterocycles. The van der Waals surface area contributed by atoms with E-state index in [1.54, 1.807) is 11.9 Å². The normalized spacial score (nSPS) is 13.8. The van der Waals surface area contributed by atoms with Gasteiger partial charge in [0.2, 0.25) is 5.91 Å². The Balaban J connectivity index is 4.65. The number of hydrogen-bond acceptors (Lipinski definition) is 3. The van der Waals surface area contributed by atoms with Gasteiger partial charge in [0.15, 0.2) is 0 Å². The van der Waals surface area contributed by atoms with Crippen LogP contribution >= 0.6 is 0 Å². The molecule has 2 atom stereocenters. The van der Waals surface area contributed by atoms with Gasteiger partial charge in [-0.2, -0.15) is 0 Å². The van der Waals surface area contributed by atoms with Gasteiger partial charge in [0.05, 0.1) is 7.11 Å². The van der Waals surface area contributed by atoms with Crippen molar-refractivity contribution in [1.29, 1.82) is 0 Å². The quantitative estimate of drug-likeness (QED) is 0.774. The van der Waals surface area contributed by atoms with E-state index < -0.39 is 12.1 Å². The van der Waals surface area contributed by atoms with E-state index >= 15 is 0 Å². The average molecular weight is 272 g/mol. The molecule has 0 rings (SSSR count). The minimum atomic E-state index is -0.568. The number of rotatable bonds is 7. The number of unbranched alkanes of at least 4 members (excludes halogenated alkanes) is 1. The highest BCUT2D eigenvalue weighted by molar-refractivity contribution is 5.85. The Kier molecular flexibility index (Phi) is 8.19. The molecule has 0 bridgehead atoms. The van der Waals surface area contributed by atoms with Crippen molar-refractivity contribution in [1.82, 2.24) is 10.2 Å². The van der Waals surface area contributed by atoms with E-state index in [4.69, 9.17) is 0 Å². The predicted octanol–water partition coefficient (Wildman–Crippen LogP) is 2.40. The summed E-state index contributed by atoms with van der Waals surface area (Å²) in [6.07, 6.45) is 2.61. The Morgan fingerprint density at radius 3 is 2.26 bits per heavy atom. The van der Waals surface area contributed by atoms with Gasteiger partial charge in [-0.15, -0.1) is 0 Å². The third kappa shape index (κ3) is 5.94. The summed E-state index contributed by atoms with van der Waals surface area (Å²) in [5, 5.41) is 2.61. The number of amides is 2. The molecule has 5 heteroatoms. The molecule has 0 aliphatic rings. The summed E-state index contributed by atoms with van der Waals surface area (Å²) in [5.41, 5.74) is 0. The van der Waals surface area contributed by atoms with Gasteiger partial charge in [-0.25, -0.2) is 4.79 Å². The maximum Gasteiger partial charge on any atom is 0.407 e. The Morgan fingerprint density at radius 1 is 1.26 bits per heavy atom. The summed E-state index contributed by atoms with van der Waals surface area (Å²) in [7, 11) is 3.09. The van der Waals surface area contributed by atoms with E-state index in [9.17, 15) is 9.59 Å². The zero-order chi connectivity index (χ0) is 15.0. The second-order valence-electron chi connectivity index (χ2n) is 5.30. The number of hydrogen-bond donors (Lipinski definition) is 1. The molecule has 0 aromatic rings. The van der Waals surface area contributed by atoms with Crippen LogP contribution in [0.5, 0.6) is 0 Å². The predicted molar refractivity (Wildman–Crippen MR) is 75.9 cm³/mol. The van der Waals surface area contributed by atoms with Gasteiger partial charge in [-0.3, -0.25) is 4.79 Å². The lowest BCUT2D eigenvalue weighted by Gasteiger charge is -2.30. The van der Waals surface area contributed by atoms with Crippen molar-refractivity contribution in [3.8, 4) is 0 Å². The first-order valence-electron chi connectivity index (χ1n) is 6.96. The van der Waals surface area contributed by atoms with Crippen LogP contribution in [0.1, 0.15) is 47.0 Å². The number of nitrogens with zero attached hydrogens (tertiary/aromatic N) is 1. The van der Waals surface area contributed by atoms with Gasteiger partial charge in [0.25, 0.3) is 0 Å². The SMILES string of the molecule is CCCC[C@@H](C)N(C)C(=O)C(NC(=O)OC)C(C)C. The third-order valence-electron chi connectivity index (χ3n) is 3.38. The zero-order valence-corrected chi connectivity index (χ0v) is 13.0. The number of ether oxygens (including phenoxy) is 1. The highest BCUT2D eigenvalue weighted by Crippen LogP contribution is 2.12. The molecule has 0 aromatic heterocycles. The average Bonchev–Trinajstić information content (AvgIpc) is 2.39. The van der Waals surface area contributed by atoms with Crippen LogP contribution in [0.2, 0.25) is 0 Å². The molecule has 0 spiro atoms. The number of carbonyl (C=O) groups is 2. The van der Waals surface area contributed by atoms with Gasteiger partial charge in [0.1, 0.15) is 6.04 Å². The molecule has 112 valence electrons. The summed E-state index contributed by atoms with van der Waals surface area (Å²) >= 11 is 0. The van der Waals surface area contributed by atoms with Crippen LogP contribution in [-0.2, 0) is 9.53 Å². The van der Waals surface area contributed by atoms with E-state index in [0.29, 0.717) is 0 Å². The largest absolute Gasteiger partial charge is 0.453 e. The van der Waals surface area contributed by atoms with Crippen molar-refractivity contribution in [3.05, 3.63) is 0 Å². The van der Waals surface area contributed by atoms with Crippen molar-refractivity contribution in [2.75, 3.05) is 14.2 Å². The first-order chi connectivity index (χ1) is 8.84. The second kappa shape index (κ2) is 8.77. The monoisotopic (exact) mass is 272 g/mol. The fourth-order valence-electron chi connectivity index (χ4n) is 1.83. The van der Waals surface area contributed by atoms with Crippen LogP contribution in [0.4, 0.5) is 4.79 Å². The number of nitrogens with one attached hydrogen (secondary N) is 1. The molecule has 0 radical (unpaired) electrons. The smallest absolute Gasteiger partial charge is 0.407 e. The van der Waals surface area contributed by atoms with E-state index in [1.165, 1.54) is 7.11 Å². The highest BCUT2D eigenvalue weighted by atomic mass is 16.5. The fourth-order valence-corrected chi connectivity index (χ4v) is 1.83. The van der Waals surface area contributed by atoms with Gasteiger partial charge in [-0.05, 0) is 19.3 Å². The summed E-state index contributed by atoms with van der Waals surface area (Å²) < 4.78 is 4.57. The molecule has 0 fully saturated rings. The first kappa shape index (κ1) is 17.7. The number of methoxy groups -OCH3 is 1. The van der Waals surface area contributed by atoms with Crippen LogP contribution in [0, 0.1) is 5.92 Å². The third-order valence-corrected chi connectivity index (χ3v) is 3.38. The van der Waals surface area contributed by atoms with Gasteiger partial charge in [-0.1, -0.05) is 33.6 Å². The maximum absolute atomic E-state index is 12.4. The number of likely N-dealkylation sites (N-methyl/N-ethyl adjacent to an activating group) is 1. The lowest BCUT2D eigenvalue weighted by atomic mass is 10.0. The molecular formula is C14H28N2O3. The Labute approximate surface area is 116 Å². The summed E-state index contributed by atoms with van der Waals surface area (Å²) in [4.78, 5) is 25.4. The Bertz CT molecular complexity index is 292. The van der Waals surface area contributed by atoms with E-state index in [2.05, 4.69) is 17.0 Å². The summed E-state index contributed by atoms with van der Waals surface area (Å²) in [5.74, 6) is -0.0450. The van der Waals surface area contributed by atoms with Crippen molar-refractivity contribution in [2.45, 2.75) is 59.0 Å². The van der Waals surface area contributed by atoms with Gasteiger partial charge < -0.3 is 15.0 Å². The second-order valence-corrected chi connectivity index (χ2v) is 5.30. The zero-order valence-electron chi connectivity index (χ0n) is 13.0. The summed E-state index contributed by atoms with van der Waals surface area (Å²) in [6, 6.07) is -0.366. The summed E-state index contributed by atoms with van der Waals surface area (Å²) in [6.45, 7) is 7.97. The van der Waals surface area contributed by atoms with Crippen LogP contribution in [0.25, 0.3) is 0 Å². The number of carbonyl (C=O) groups excluding carboxylic acids is 2. The molecule has 19 heavy (non-hydrogen) atoms. The minimum absolute atomic E-state index is 0.0208. The molecule has 2 amide bonds. The molecule has 0 saturated carbocycles. The van der Waals surface area contributed by atoms with Crippen molar-refractivity contribution >= 4 is 12.0 Å². The topological polar surface area (TPSA) is 58.6 Å². The van der Waals surface area contributed by atoms with Crippen molar-refractivity contribution in [2.24, 2.45) is 5.92 Å². The molecule has 1 N–H and O–H groups in total. The van der Waals surface area contributed by atoms with Crippen molar-refractivity contribution < 1.29 is 14.3 Å². The lowest BCUT2D eigenvalue weighted by molar-refractivity contribution is -0.135. The van der Waals surface area contributed by atoms with Crippen molar-refractivity contribution in [3.63, 3.8) is 0 Å². The van der Waals surface area contributed by atoms with Gasteiger partial charge >= 0.3 is 6.09 Å². The number of alkyl carbamates (subject to hydrolysis) is 1. The maximum atomic E-state index is 12.4. The van der Waals surface area contributed by atoms with Crippen LogP contribution in [-0.4, -0.2) is 43.1 Å². The fraction of sp³-hybridized carbons (Fsp3) is 0.857. The first-order valence-corrected chi connectivity index (χ1v) is 6.96. The van der Waals surface area contributed by atoms with Crippen LogP contribution in [0.15, 0.2) is 0 Å². The van der Waals surface area contributed by atoms with E-state index in [1.807, 2.05) is 20.8 Å². The van der Waals surface area contributed by atoms with E-state index in [0.717, 1.165) is 19.3 Å². The highest BCUT2D eigenvalue weighted by Gasteiger charge is 2.29. The molecule has 0 aromatic carbocycles. The Morgan fingerprint density at radius 2 is 1.84 bits per heavy atom. The van der Waals surface area contributed by atoms with Crippen LogP contribution in [0.3, 0.4) is 0 Å². The molecule has 0 aliphatic heterocycles. The molecular weight excluding hydrogens is 244 g/mol. The molecule has 5 nitrogen and oxygen atoms in total. The molecule has 1 unspecified atom stereocenters. The van der Waals surface area contributed by atoms with Crippen LogP contribution < -0.4 is 5.32 Å². The van der Waals surface area contributed by atoms with E-state index in [-0.39, 0.29) is 17.9 Å². The standard InChI is InChI=1S/C14H28N2O3/c1-7-8-9-11(4)16(5)13(17)12(10(2)3)15-14(18)19-6/h10-12H,7-9H2,1-6H3,(H,15,18)/t11-,12?/m1/s1. The molecule has 0 heterocycles.